The molecule has 2 aromatic carbocycles. The molecule has 0 radical (unpaired) electrons. The van der Waals surface area contributed by atoms with E-state index in [1.54, 1.807) is 24.3 Å². The van der Waals surface area contributed by atoms with Gasteiger partial charge in [0.15, 0.2) is 0 Å². The van der Waals surface area contributed by atoms with Gasteiger partial charge < -0.3 is 14.8 Å². The summed E-state index contributed by atoms with van der Waals surface area (Å²) < 4.78 is 9.85. The van der Waals surface area contributed by atoms with Gasteiger partial charge in [0.05, 0.1) is 7.11 Å². The number of alkyl carbamates (subject to hydrolysis) is 1. The molecule has 0 saturated carbocycles. The van der Waals surface area contributed by atoms with Crippen LogP contribution in [0.5, 0.6) is 5.75 Å². The summed E-state index contributed by atoms with van der Waals surface area (Å²) in [5.74, 6) is -0.113. The molecule has 0 aliphatic rings. The van der Waals surface area contributed by atoms with E-state index in [2.05, 4.69) is 10.1 Å². The SMILES string of the molecule is COC(=O)N[C@H](Cc1ccccc1)C(=O)Oc1ccccc1. The summed E-state index contributed by atoms with van der Waals surface area (Å²) in [5, 5.41) is 2.50. The molecule has 0 aliphatic heterocycles. The summed E-state index contributed by atoms with van der Waals surface area (Å²) in [5.41, 5.74) is 0.911. The molecule has 0 bridgehead atoms. The van der Waals surface area contributed by atoms with E-state index in [9.17, 15) is 9.59 Å². The lowest BCUT2D eigenvalue weighted by Gasteiger charge is -2.17. The Balaban J connectivity index is 2.09. The van der Waals surface area contributed by atoms with Gasteiger partial charge in [-0.1, -0.05) is 48.5 Å². The zero-order valence-electron chi connectivity index (χ0n) is 12.2. The number of hydrogen-bond acceptors (Lipinski definition) is 4. The van der Waals surface area contributed by atoms with Crippen molar-refractivity contribution in [2.45, 2.75) is 12.5 Å². The van der Waals surface area contributed by atoms with E-state index in [0.717, 1.165) is 5.56 Å². The van der Waals surface area contributed by atoms with E-state index in [0.29, 0.717) is 12.2 Å². The molecule has 5 heteroatoms. The zero-order chi connectivity index (χ0) is 15.8. The molecule has 2 aromatic rings. The standard InChI is InChI=1S/C17H17NO4/c1-21-17(20)18-15(12-13-8-4-2-5-9-13)16(19)22-14-10-6-3-7-11-14/h2-11,15H,12H2,1H3,(H,18,20)/t15-/m1/s1. The first-order valence-electron chi connectivity index (χ1n) is 6.84. The van der Waals surface area contributed by atoms with E-state index < -0.39 is 18.1 Å². The first kappa shape index (κ1) is 15.6. The second-order valence-corrected chi connectivity index (χ2v) is 4.61. The van der Waals surface area contributed by atoms with Gasteiger partial charge in [-0.05, 0) is 17.7 Å². The third-order valence-electron chi connectivity index (χ3n) is 3.01. The third-order valence-corrected chi connectivity index (χ3v) is 3.01. The molecule has 114 valence electrons. The summed E-state index contributed by atoms with van der Waals surface area (Å²) in [6.45, 7) is 0. The maximum absolute atomic E-state index is 12.3. The molecule has 1 amide bonds. The Labute approximate surface area is 128 Å². The van der Waals surface area contributed by atoms with Crippen molar-refractivity contribution in [1.29, 1.82) is 0 Å². The van der Waals surface area contributed by atoms with Crippen LogP contribution in [0.25, 0.3) is 0 Å². The molecule has 1 N–H and O–H groups in total. The Morgan fingerprint density at radius 1 is 1.00 bits per heavy atom. The van der Waals surface area contributed by atoms with Crippen molar-refractivity contribution in [2.75, 3.05) is 7.11 Å². The Kier molecular flexibility index (Phi) is 5.54. The van der Waals surface area contributed by atoms with Crippen molar-refractivity contribution in [3.05, 3.63) is 66.2 Å². The minimum atomic E-state index is -0.824. The molecule has 22 heavy (non-hydrogen) atoms. The van der Waals surface area contributed by atoms with Crippen molar-refractivity contribution in [3.63, 3.8) is 0 Å². The Morgan fingerprint density at radius 3 is 2.18 bits per heavy atom. The molecule has 5 nitrogen and oxygen atoms in total. The van der Waals surface area contributed by atoms with Gasteiger partial charge in [0, 0.05) is 6.42 Å². The quantitative estimate of drug-likeness (QED) is 0.680. The second-order valence-electron chi connectivity index (χ2n) is 4.61. The Morgan fingerprint density at radius 2 is 1.59 bits per heavy atom. The van der Waals surface area contributed by atoms with Crippen molar-refractivity contribution < 1.29 is 19.1 Å². The summed E-state index contributed by atoms with van der Waals surface area (Å²) in [7, 11) is 1.25. The predicted molar refractivity (Wildman–Crippen MR) is 81.6 cm³/mol. The number of nitrogens with one attached hydrogen (secondary N) is 1. The van der Waals surface area contributed by atoms with Crippen molar-refractivity contribution >= 4 is 12.1 Å². The molecule has 0 spiro atoms. The predicted octanol–water partition coefficient (Wildman–Crippen LogP) is 2.56. The van der Waals surface area contributed by atoms with Gasteiger partial charge in [-0.3, -0.25) is 0 Å². The van der Waals surface area contributed by atoms with Crippen LogP contribution in [0, 0.1) is 0 Å². The molecule has 2 rings (SSSR count). The first-order valence-corrected chi connectivity index (χ1v) is 6.84. The molecular weight excluding hydrogens is 282 g/mol. The van der Waals surface area contributed by atoms with Crippen LogP contribution in [0.15, 0.2) is 60.7 Å². The fourth-order valence-corrected chi connectivity index (χ4v) is 1.92. The second kappa shape index (κ2) is 7.83. The molecule has 0 fully saturated rings. The lowest BCUT2D eigenvalue weighted by molar-refractivity contribution is -0.136. The molecule has 1 atom stereocenters. The highest BCUT2D eigenvalue weighted by molar-refractivity contribution is 5.83. The largest absolute Gasteiger partial charge is 0.453 e. The van der Waals surface area contributed by atoms with Gasteiger partial charge in [-0.25, -0.2) is 9.59 Å². The number of methoxy groups -OCH3 is 1. The first-order chi connectivity index (χ1) is 10.7. The van der Waals surface area contributed by atoms with Gasteiger partial charge >= 0.3 is 12.1 Å². The number of benzene rings is 2. The van der Waals surface area contributed by atoms with Crippen LogP contribution in [0.1, 0.15) is 5.56 Å². The topological polar surface area (TPSA) is 64.6 Å². The van der Waals surface area contributed by atoms with Crippen molar-refractivity contribution in [2.24, 2.45) is 0 Å². The number of carbonyl (C=O) groups is 2. The van der Waals surface area contributed by atoms with Gasteiger partial charge in [0.2, 0.25) is 0 Å². The van der Waals surface area contributed by atoms with Crippen LogP contribution in [0.2, 0.25) is 0 Å². The Bertz CT molecular complexity index is 613. The highest BCUT2D eigenvalue weighted by atomic mass is 16.5. The normalized spacial score (nSPS) is 11.3. The number of esters is 1. The minimum absolute atomic E-state index is 0.321. The van der Waals surface area contributed by atoms with Gasteiger partial charge in [0.25, 0.3) is 0 Å². The van der Waals surface area contributed by atoms with Crippen LogP contribution >= 0.6 is 0 Å². The number of hydrogen-bond donors (Lipinski definition) is 1. The van der Waals surface area contributed by atoms with Crippen LogP contribution in [0.3, 0.4) is 0 Å². The number of carbonyl (C=O) groups excluding carboxylic acids is 2. The van der Waals surface area contributed by atoms with Crippen LogP contribution < -0.4 is 10.1 Å². The maximum Gasteiger partial charge on any atom is 0.407 e. The van der Waals surface area contributed by atoms with E-state index in [1.807, 2.05) is 36.4 Å². The highest BCUT2D eigenvalue weighted by Crippen LogP contribution is 2.11. The van der Waals surface area contributed by atoms with Gasteiger partial charge in [-0.15, -0.1) is 0 Å². The fraction of sp³-hybridized carbons (Fsp3) is 0.176. The fourth-order valence-electron chi connectivity index (χ4n) is 1.92. The molecule has 0 aliphatic carbocycles. The van der Waals surface area contributed by atoms with Crippen molar-refractivity contribution in [1.82, 2.24) is 5.32 Å². The number of amides is 1. The van der Waals surface area contributed by atoms with Crippen LogP contribution in [-0.4, -0.2) is 25.2 Å². The molecule has 0 unspecified atom stereocenters. The van der Waals surface area contributed by atoms with Crippen LogP contribution in [0.4, 0.5) is 4.79 Å². The number of ether oxygens (including phenoxy) is 2. The van der Waals surface area contributed by atoms with Crippen LogP contribution in [-0.2, 0) is 16.0 Å². The monoisotopic (exact) mass is 299 g/mol. The minimum Gasteiger partial charge on any atom is -0.453 e. The molecule has 0 saturated heterocycles. The highest BCUT2D eigenvalue weighted by Gasteiger charge is 2.23. The van der Waals surface area contributed by atoms with E-state index in [4.69, 9.17) is 4.74 Å². The molecule has 0 heterocycles. The smallest absolute Gasteiger partial charge is 0.407 e. The Hall–Kier alpha value is -2.82. The maximum atomic E-state index is 12.3. The van der Waals surface area contributed by atoms with E-state index in [-0.39, 0.29) is 0 Å². The average molecular weight is 299 g/mol. The third kappa shape index (κ3) is 4.63. The number of rotatable bonds is 5. The van der Waals surface area contributed by atoms with E-state index in [1.165, 1.54) is 7.11 Å². The summed E-state index contributed by atoms with van der Waals surface area (Å²) >= 11 is 0. The van der Waals surface area contributed by atoms with Gasteiger partial charge in [-0.2, -0.15) is 0 Å². The lowest BCUT2D eigenvalue weighted by Crippen LogP contribution is -2.44. The van der Waals surface area contributed by atoms with E-state index >= 15 is 0 Å². The van der Waals surface area contributed by atoms with Gasteiger partial charge in [0.1, 0.15) is 11.8 Å². The molecule has 0 aromatic heterocycles. The average Bonchev–Trinajstić information content (AvgIpc) is 2.56. The summed E-state index contributed by atoms with van der Waals surface area (Å²) in [6, 6.07) is 17.3. The summed E-state index contributed by atoms with van der Waals surface area (Å²) in [6.07, 6.45) is -0.354. The number of para-hydroxylation sites is 1. The lowest BCUT2D eigenvalue weighted by atomic mass is 10.1. The molecular formula is C17H17NO4. The zero-order valence-corrected chi connectivity index (χ0v) is 12.2. The summed E-state index contributed by atoms with van der Waals surface area (Å²) in [4.78, 5) is 23.7. The van der Waals surface area contributed by atoms with Crippen molar-refractivity contribution in [3.8, 4) is 5.75 Å².